The van der Waals surface area contributed by atoms with Crippen LogP contribution in [0.25, 0.3) is 0 Å². The molecule has 0 saturated carbocycles. The molecule has 1 heterocycles. The number of hydrogen-bond donors (Lipinski definition) is 4. The summed E-state index contributed by atoms with van der Waals surface area (Å²) in [4.78, 5) is 15.2. The molecule has 16 heavy (non-hydrogen) atoms. The zero-order valence-corrected chi connectivity index (χ0v) is 9.40. The Morgan fingerprint density at radius 2 is 2.00 bits per heavy atom. The molecule has 1 atom stereocenters. The second-order valence-corrected chi connectivity index (χ2v) is 3.94. The van der Waals surface area contributed by atoms with E-state index in [0.717, 1.165) is 0 Å². The lowest BCUT2D eigenvalue weighted by Gasteiger charge is -2.19. The van der Waals surface area contributed by atoms with Crippen molar-refractivity contribution in [2.75, 3.05) is 16.8 Å². The largest absolute Gasteiger partial charge is 0.396 e. The molecule has 0 aliphatic heterocycles. The molecule has 88 valence electrons. The number of nitrogens with one attached hydrogen (secondary N) is 1. The van der Waals surface area contributed by atoms with Crippen LogP contribution in [0.2, 0.25) is 0 Å². The number of nitrogen functional groups attached to an aromatic ring is 2. The Hall–Kier alpha value is -1.98. The Kier molecular flexibility index (Phi) is 3.55. The number of nitrogens with two attached hydrogens (primary N) is 3. The summed E-state index contributed by atoms with van der Waals surface area (Å²) < 4.78 is 0. The molecule has 0 spiro atoms. The Balaban J connectivity index is 2.86. The minimum absolute atomic E-state index is 0.0677. The SMILES string of the molecule is CC(C)C(Nc1ccc(N)c(N)n1)C(N)=O. The number of aromatic nitrogens is 1. The Bertz CT molecular complexity index is 391. The minimum Gasteiger partial charge on any atom is -0.396 e. The average molecular weight is 223 g/mol. The van der Waals surface area contributed by atoms with Crippen LogP contribution in [0.4, 0.5) is 17.3 Å². The van der Waals surface area contributed by atoms with Gasteiger partial charge in [0.25, 0.3) is 0 Å². The number of hydrogen-bond acceptors (Lipinski definition) is 5. The van der Waals surface area contributed by atoms with Crippen LogP contribution < -0.4 is 22.5 Å². The van der Waals surface area contributed by atoms with Crippen LogP contribution >= 0.6 is 0 Å². The molecule has 1 unspecified atom stereocenters. The maximum atomic E-state index is 11.2. The van der Waals surface area contributed by atoms with E-state index >= 15 is 0 Å². The predicted octanol–water partition coefficient (Wildman–Crippen LogP) is 0.168. The highest BCUT2D eigenvalue weighted by molar-refractivity contribution is 5.83. The molecule has 7 N–H and O–H groups in total. The number of primary amides is 1. The molecule has 0 radical (unpaired) electrons. The van der Waals surface area contributed by atoms with Crippen molar-refractivity contribution in [2.24, 2.45) is 11.7 Å². The summed E-state index contributed by atoms with van der Waals surface area (Å²) in [6, 6.07) is 2.81. The second-order valence-electron chi connectivity index (χ2n) is 3.94. The summed E-state index contributed by atoms with van der Waals surface area (Å²) in [5.41, 5.74) is 16.8. The number of amides is 1. The molecule has 0 aliphatic rings. The van der Waals surface area contributed by atoms with Gasteiger partial charge in [0.15, 0.2) is 0 Å². The van der Waals surface area contributed by atoms with Crippen molar-refractivity contribution in [1.29, 1.82) is 0 Å². The monoisotopic (exact) mass is 223 g/mol. The predicted molar refractivity (Wildman–Crippen MR) is 64.5 cm³/mol. The molecule has 0 saturated heterocycles. The van der Waals surface area contributed by atoms with E-state index in [4.69, 9.17) is 17.2 Å². The van der Waals surface area contributed by atoms with Crippen molar-refractivity contribution < 1.29 is 4.79 Å². The zero-order chi connectivity index (χ0) is 12.3. The van der Waals surface area contributed by atoms with Crippen LogP contribution in [0, 0.1) is 5.92 Å². The maximum absolute atomic E-state index is 11.2. The van der Waals surface area contributed by atoms with Gasteiger partial charge in [-0.1, -0.05) is 13.8 Å². The van der Waals surface area contributed by atoms with Gasteiger partial charge >= 0.3 is 0 Å². The van der Waals surface area contributed by atoms with Gasteiger partial charge in [0, 0.05) is 0 Å². The van der Waals surface area contributed by atoms with Crippen LogP contribution in [0.3, 0.4) is 0 Å². The number of carbonyl (C=O) groups excluding carboxylic acids is 1. The molecule has 1 aromatic heterocycles. The molecule has 0 aromatic carbocycles. The quantitative estimate of drug-likeness (QED) is 0.580. The van der Waals surface area contributed by atoms with Gasteiger partial charge in [0.1, 0.15) is 17.7 Å². The molecule has 6 heteroatoms. The maximum Gasteiger partial charge on any atom is 0.240 e. The molecular weight excluding hydrogens is 206 g/mol. The normalized spacial score (nSPS) is 12.4. The third-order valence-electron chi connectivity index (χ3n) is 2.23. The lowest BCUT2D eigenvalue weighted by atomic mass is 10.0. The van der Waals surface area contributed by atoms with E-state index in [1.807, 2.05) is 13.8 Å². The van der Waals surface area contributed by atoms with Crippen molar-refractivity contribution >= 4 is 23.2 Å². The smallest absolute Gasteiger partial charge is 0.240 e. The Labute approximate surface area is 94.2 Å². The first-order chi connectivity index (χ1) is 7.41. The van der Waals surface area contributed by atoms with Gasteiger partial charge in [-0.3, -0.25) is 4.79 Å². The lowest BCUT2D eigenvalue weighted by molar-refractivity contribution is -0.119. The summed E-state index contributed by atoms with van der Waals surface area (Å²) in [5.74, 6) is 0.367. The highest BCUT2D eigenvalue weighted by Gasteiger charge is 2.19. The highest BCUT2D eigenvalue weighted by atomic mass is 16.1. The van der Waals surface area contributed by atoms with E-state index in [1.54, 1.807) is 12.1 Å². The number of carbonyl (C=O) groups is 1. The van der Waals surface area contributed by atoms with Crippen LogP contribution in [-0.4, -0.2) is 16.9 Å². The fourth-order valence-electron chi connectivity index (χ4n) is 1.29. The second kappa shape index (κ2) is 4.69. The highest BCUT2D eigenvalue weighted by Crippen LogP contribution is 2.16. The molecule has 0 bridgehead atoms. The first kappa shape index (κ1) is 12.1. The summed E-state index contributed by atoms with van der Waals surface area (Å²) >= 11 is 0. The number of nitrogens with zero attached hydrogens (tertiary/aromatic N) is 1. The Morgan fingerprint density at radius 3 is 2.44 bits per heavy atom. The molecule has 6 nitrogen and oxygen atoms in total. The van der Waals surface area contributed by atoms with Crippen molar-refractivity contribution in [3.8, 4) is 0 Å². The van der Waals surface area contributed by atoms with E-state index < -0.39 is 11.9 Å². The number of pyridine rings is 1. The minimum atomic E-state index is -0.476. The molecular formula is C10H17N5O. The van der Waals surface area contributed by atoms with Gasteiger partial charge < -0.3 is 22.5 Å². The van der Waals surface area contributed by atoms with Gasteiger partial charge in [-0.25, -0.2) is 4.98 Å². The van der Waals surface area contributed by atoms with Crippen LogP contribution in [-0.2, 0) is 4.79 Å². The first-order valence-corrected chi connectivity index (χ1v) is 4.99. The Morgan fingerprint density at radius 1 is 1.38 bits per heavy atom. The van der Waals surface area contributed by atoms with Crippen LogP contribution in [0.1, 0.15) is 13.8 Å². The van der Waals surface area contributed by atoms with Gasteiger partial charge in [-0.15, -0.1) is 0 Å². The van der Waals surface area contributed by atoms with E-state index in [-0.39, 0.29) is 11.7 Å². The summed E-state index contributed by atoms with van der Waals surface area (Å²) in [5, 5.41) is 2.92. The third kappa shape index (κ3) is 2.75. The van der Waals surface area contributed by atoms with E-state index in [2.05, 4.69) is 10.3 Å². The van der Waals surface area contributed by atoms with Crippen LogP contribution in [0.15, 0.2) is 12.1 Å². The van der Waals surface area contributed by atoms with Crippen molar-refractivity contribution in [2.45, 2.75) is 19.9 Å². The number of anilines is 3. The molecule has 0 aliphatic carbocycles. The van der Waals surface area contributed by atoms with E-state index in [0.29, 0.717) is 11.5 Å². The summed E-state index contributed by atoms with van der Waals surface area (Å²) in [6.07, 6.45) is 0. The topological polar surface area (TPSA) is 120 Å². The average Bonchev–Trinajstić information content (AvgIpc) is 2.18. The lowest BCUT2D eigenvalue weighted by Crippen LogP contribution is -2.39. The fourth-order valence-corrected chi connectivity index (χ4v) is 1.29. The first-order valence-electron chi connectivity index (χ1n) is 4.99. The summed E-state index contributed by atoms with van der Waals surface area (Å²) in [7, 11) is 0. The van der Waals surface area contributed by atoms with Crippen molar-refractivity contribution in [1.82, 2.24) is 4.98 Å². The van der Waals surface area contributed by atoms with Gasteiger partial charge in [0.2, 0.25) is 5.91 Å². The van der Waals surface area contributed by atoms with Gasteiger partial charge in [0.05, 0.1) is 5.69 Å². The van der Waals surface area contributed by atoms with Crippen LogP contribution in [0.5, 0.6) is 0 Å². The van der Waals surface area contributed by atoms with E-state index in [1.165, 1.54) is 0 Å². The number of rotatable bonds is 4. The summed E-state index contributed by atoms with van der Waals surface area (Å²) in [6.45, 7) is 3.78. The third-order valence-corrected chi connectivity index (χ3v) is 2.23. The molecule has 1 rings (SSSR count). The zero-order valence-electron chi connectivity index (χ0n) is 9.40. The molecule has 1 amide bonds. The fraction of sp³-hybridized carbons (Fsp3) is 0.400. The van der Waals surface area contributed by atoms with Crippen molar-refractivity contribution in [3.05, 3.63) is 12.1 Å². The molecule has 1 aromatic rings. The van der Waals surface area contributed by atoms with Gasteiger partial charge in [-0.05, 0) is 18.1 Å². The van der Waals surface area contributed by atoms with E-state index in [9.17, 15) is 4.79 Å². The van der Waals surface area contributed by atoms with Gasteiger partial charge in [-0.2, -0.15) is 0 Å². The standard InChI is InChI=1S/C10H17N5O/c1-5(2)8(10(13)16)14-7-4-3-6(11)9(12)15-7/h3-5,8H,11H2,1-2H3,(H2,13,16)(H3,12,14,15). The van der Waals surface area contributed by atoms with Crippen molar-refractivity contribution in [3.63, 3.8) is 0 Å². The molecule has 0 fully saturated rings.